The smallest absolute Gasteiger partial charge is 0.272 e. The molecule has 10 heteroatoms. The van der Waals surface area contributed by atoms with Gasteiger partial charge in [-0.3, -0.25) is 9.59 Å². The van der Waals surface area contributed by atoms with Crippen molar-refractivity contribution in [3.8, 4) is 5.75 Å². The van der Waals surface area contributed by atoms with Gasteiger partial charge in [-0.1, -0.05) is 17.7 Å². The predicted octanol–water partition coefficient (Wildman–Crippen LogP) is 4.74. The molecule has 0 bridgehead atoms. The number of benzene rings is 3. The van der Waals surface area contributed by atoms with Gasteiger partial charge in [0.05, 0.1) is 22.7 Å². The van der Waals surface area contributed by atoms with E-state index in [1.165, 1.54) is 30.3 Å². The standard InChI is InChI=1S/C24H20ClN3O5S/c1-33-17-8-6-14-11-22(27-21(14)13-17)24(30)26-16-7-9-20(19(25)12-16)28-23(29)15-4-3-5-18(10-15)34(2,31)32/h3-13,27H,1-2H3,(H,26,30)(H,28,29). The van der Waals surface area contributed by atoms with Gasteiger partial charge in [-0.25, -0.2) is 8.42 Å². The highest BCUT2D eigenvalue weighted by Crippen LogP contribution is 2.27. The first kappa shape index (κ1) is 23.3. The molecule has 0 aliphatic carbocycles. The Hall–Kier alpha value is -3.82. The van der Waals surface area contributed by atoms with Crippen LogP contribution in [0.1, 0.15) is 20.8 Å². The SMILES string of the molecule is COc1ccc2cc(C(=O)Nc3ccc(NC(=O)c4cccc(S(C)(=O)=O)c4)c(Cl)c3)[nH]c2c1. The second-order valence-electron chi connectivity index (χ2n) is 7.54. The topological polar surface area (TPSA) is 117 Å². The molecule has 0 radical (unpaired) electrons. The number of carbonyl (C=O) groups is 2. The van der Waals surface area contributed by atoms with E-state index in [1.807, 2.05) is 12.1 Å². The number of aromatic amines is 1. The first-order valence-corrected chi connectivity index (χ1v) is 12.3. The Balaban J connectivity index is 1.48. The van der Waals surface area contributed by atoms with Gasteiger partial charge < -0.3 is 20.4 Å². The number of sulfone groups is 1. The highest BCUT2D eigenvalue weighted by molar-refractivity contribution is 7.90. The highest BCUT2D eigenvalue weighted by atomic mass is 35.5. The van der Waals surface area contributed by atoms with Crippen molar-refractivity contribution in [1.82, 2.24) is 4.98 Å². The number of fused-ring (bicyclic) bond motifs is 1. The van der Waals surface area contributed by atoms with E-state index in [1.54, 1.807) is 31.4 Å². The molecule has 0 fully saturated rings. The Kier molecular flexibility index (Phi) is 6.32. The van der Waals surface area contributed by atoms with Gasteiger partial charge >= 0.3 is 0 Å². The van der Waals surface area contributed by atoms with Crippen LogP contribution >= 0.6 is 11.6 Å². The number of H-pyrrole nitrogens is 1. The van der Waals surface area contributed by atoms with Gasteiger partial charge in [0.2, 0.25) is 0 Å². The summed E-state index contributed by atoms with van der Waals surface area (Å²) in [6, 6.07) is 17.5. The molecule has 0 aliphatic rings. The monoisotopic (exact) mass is 497 g/mol. The van der Waals surface area contributed by atoms with Crippen LogP contribution in [0.5, 0.6) is 5.75 Å². The third-order valence-corrected chi connectivity index (χ3v) is 6.50. The second-order valence-corrected chi connectivity index (χ2v) is 9.96. The zero-order valence-electron chi connectivity index (χ0n) is 18.2. The second kappa shape index (κ2) is 9.20. The molecule has 1 heterocycles. The number of rotatable bonds is 6. The van der Waals surface area contributed by atoms with Crippen LogP contribution in [0.15, 0.2) is 71.6 Å². The maximum Gasteiger partial charge on any atom is 0.272 e. The summed E-state index contributed by atoms with van der Waals surface area (Å²) in [5, 5.41) is 6.47. The zero-order valence-corrected chi connectivity index (χ0v) is 19.8. The Morgan fingerprint density at radius 3 is 2.44 bits per heavy atom. The van der Waals surface area contributed by atoms with E-state index < -0.39 is 15.7 Å². The quantitative estimate of drug-likeness (QED) is 0.355. The van der Waals surface area contributed by atoms with Gasteiger partial charge in [-0.2, -0.15) is 0 Å². The number of hydrogen-bond donors (Lipinski definition) is 3. The maximum atomic E-state index is 12.7. The summed E-state index contributed by atoms with van der Waals surface area (Å²) in [6.45, 7) is 0. The van der Waals surface area contributed by atoms with Crippen LogP contribution in [0, 0.1) is 0 Å². The van der Waals surface area contributed by atoms with Crippen molar-refractivity contribution in [2.24, 2.45) is 0 Å². The lowest BCUT2D eigenvalue weighted by molar-refractivity contribution is 0.101. The lowest BCUT2D eigenvalue weighted by Crippen LogP contribution is -2.14. The van der Waals surface area contributed by atoms with Crippen LogP contribution in [0.4, 0.5) is 11.4 Å². The Labute approximate surface area is 200 Å². The van der Waals surface area contributed by atoms with Crippen molar-refractivity contribution in [3.63, 3.8) is 0 Å². The van der Waals surface area contributed by atoms with Crippen molar-refractivity contribution in [2.75, 3.05) is 24.0 Å². The van der Waals surface area contributed by atoms with Crippen molar-refractivity contribution in [2.45, 2.75) is 4.90 Å². The number of hydrogen-bond acceptors (Lipinski definition) is 5. The van der Waals surface area contributed by atoms with Gasteiger partial charge in [0.1, 0.15) is 11.4 Å². The summed E-state index contributed by atoms with van der Waals surface area (Å²) in [6.07, 6.45) is 1.07. The highest BCUT2D eigenvalue weighted by Gasteiger charge is 2.15. The Morgan fingerprint density at radius 2 is 1.74 bits per heavy atom. The Bertz CT molecular complexity index is 1530. The molecule has 0 atom stereocenters. The molecule has 0 unspecified atom stereocenters. The molecule has 3 aromatic carbocycles. The van der Waals surface area contributed by atoms with Crippen LogP contribution in [-0.2, 0) is 9.84 Å². The molecule has 0 saturated carbocycles. The minimum absolute atomic E-state index is 0.0414. The fourth-order valence-electron chi connectivity index (χ4n) is 3.31. The van der Waals surface area contributed by atoms with Crippen molar-refractivity contribution < 1.29 is 22.7 Å². The van der Waals surface area contributed by atoms with E-state index in [2.05, 4.69) is 15.6 Å². The molecule has 1 aromatic heterocycles. The number of amides is 2. The van der Waals surface area contributed by atoms with Gasteiger partial charge in [0.25, 0.3) is 11.8 Å². The average Bonchev–Trinajstić information content (AvgIpc) is 3.24. The number of carbonyl (C=O) groups excluding carboxylic acids is 2. The molecule has 0 spiro atoms. The van der Waals surface area contributed by atoms with Gasteiger partial charge in [0.15, 0.2) is 9.84 Å². The molecule has 8 nitrogen and oxygen atoms in total. The average molecular weight is 498 g/mol. The van der Waals surface area contributed by atoms with E-state index >= 15 is 0 Å². The number of anilines is 2. The molecular weight excluding hydrogens is 478 g/mol. The first-order chi connectivity index (χ1) is 16.1. The molecule has 0 aliphatic heterocycles. The zero-order chi connectivity index (χ0) is 24.5. The van der Waals surface area contributed by atoms with Gasteiger partial charge in [-0.15, -0.1) is 0 Å². The largest absolute Gasteiger partial charge is 0.497 e. The summed E-state index contributed by atoms with van der Waals surface area (Å²) in [7, 11) is -1.88. The minimum atomic E-state index is -3.45. The minimum Gasteiger partial charge on any atom is -0.497 e. The van der Waals surface area contributed by atoms with E-state index in [4.69, 9.17) is 16.3 Å². The van der Waals surface area contributed by atoms with Gasteiger partial charge in [-0.05, 0) is 54.6 Å². The van der Waals surface area contributed by atoms with Crippen molar-refractivity contribution >= 4 is 55.5 Å². The molecule has 34 heavy (non-hydrogen) atoms. The molecule has 4 aromatic rings. The van der Waals surface area contributed by atoms with E-state index in [9.17, 15) is 18.0 Å². The first-order valence-electron chi connectivity index (χ1n) is 10.0. The molecule has 4 rings (SSSR count). The summed E-state index contributed by atoms with van der Waals surface area (Å²) in [5.41, 5.74) is 2.05. The molecule has 2 amide bonds. The molecule has 3 N–H and O–H groups in total. The van der Waals surface area contributed by atoms with Crippen LogP contribution in [0.25, 0.3) is 10.9 Å². The third-order valence-electron chi connectivity index (χ3n) is 5.07. The molecular formula is C24H20ClN3O5S. The lowest BCUT2D eigenvalue weighted by atomic mass is 10.2. The van der Waals surface area contributed by atoms with Gasteiger partial charge in [0, 0.05) is 34.5 Å². The van der Waals surface area contributed by atoms with E-state index in [0.29, 0.717) is 22.8 Å². The number of ether oxygens (including phenoxy) is 1. The fourth-order valence-corrected chi connectivity index (χ4v) is 4.21. The molecule has 174 valence electrons. The van der Waals surface area contributed by atoms with E-state index in [-0.39, 0.29) is 21.4 Å². The van der Waals surface area contributed by atoms with Crippen LogP contribution in [-0.4, -0.2) is 38.6 Å². The van der Waals surface area contributed by atoms with Crippen molar-refractivity contribution in [3.05, 3.63) is 83.0 Å². The lowest BCUT2D eigenvalue weighted by Gasteiger charge is -2.10. The normalized spacial score (nSPS) is 11.3. The number of nitrogens with one attached hydrogen (secondary N) is 3. The molecule has 0 saturated heterocycles. The number of methoxy groups -OCH3 is 1. The Morgan fingerprint density at radius 1 is 0.941 bits per heavy atom. The number of halogens is 1. The summed E-state index contributed by atoms with van der Waals surface area (Å²) < 4.78 is 28.7. The van der Waals surface area contributed by atoms with E-state index in [0.717, 1.165) is 17.2 Å². The maximum absolute atomic E-state index is 12.7. The summed E-state index contributed by atoms with van der Waals surface area (Å²) in [5.74, 6) is -0.202. The van der Waals surface area contributed by atoms with Crippen LogP contribution in [0.3, 0.4) is 0 Å². The van der Waals surface area contributed by atoms with Crippen LogP contribution in [0.2, 0.25) is 5.02 Å². The predicted molar refractivity (Wildman–Crippen MR) is 132 cm³/mol. The van der Waals surface area contributed by atoms with Crippen LogP contribution < -0.4 is 15.4 Å². The third kappa shape index (κ3) is 5.05. The van der Waals surface area contributed by atoms with Crippen molar-refractivity contribution in [1.29, 1.82) is 0 Å². The number of aromatic nitrogens is 1. The summed E-state index contributed by atoms with van der Waals surface area (Å²) in [4.78, 5) is 28.3. The summed E-state index contributed by atoms with van der Waals surface area (Å²) >= 11 is 6.31. The fraction of sp³-hybridized carbons (Fsp3) is 0.0833.